The molecule has 5 rings (SSSR count). The number of carbonyl (C=O) groups excluding carboxylic acids is 1. The first-order chi connectivity index (χ1) is 20.7. The Morgan fingerprint density at radius 2 is 1.91 bits per heavy atom. The van der Waals surface area contributed by atoms with Gasteiger partial charge in [0.05, 0.1) is 34.0 Å². The average Bonchev–Trinajstić information content (AvgIpc) is 3.29. The Morgan fingerprint density at radius 3 is 2.56 bits per heavy atom. The molecule has 7 nitrogen and oxygen atoms in total. The van der Waals surface area contributed by atoms with Crippen LogP contribution in [0.4, 0.5) is 5.69 Å². The van der Waals surface area contributed by atoms with Crippen LogP contribution < -0.4 is 29.7 Å². The lowest BCUT2D eigenvalue weighted by Crippen LogP contribution is -2.40. The number of aromatic nitrogens is 1. The number of hydrogen-bond acceptors (Lipinski definition) is 6. The van der Waals surface area contributed by atoms with Crippen molar-refractivity contribution in [3.8, 4) is 23.8 Å². The Labute approximate surface area is 258 Å². The van der Waals surface area contributed by atoms with Crippen LogP contribution in [-0.4, -0.2) is 24.2 Å². The number of fused-ring (bicyclic) bond motifs is 1. The molecule has 1 amide bonds. The fourth-order valence-electron chi connectivity index (χ4n) is 4.94. The highest BCUT2D eigenvalue weighted by Gasteiger charge is 2.32. The molecule has 1 aliphatic heterocycles. The summed E-state index contributed by atoms with van der Waals surface area (Å²) >= 11 is 7.73. The van der Waals surface area contributed by atoms with Gasteiger partial charge >= 0.3 is 0 Å². The highest BCUT2D eigenvalue weighted by Crippen LogP contribution is 2.37. The molecule has 9 heteroatoms. The minimum atomic E-state index is -0.680. The zero-order valence-electron chi connectivity index (χ0n) is 24.2. The molecule has 1 aromatic heterocycles. The SMILES string of the molecule is C#CCOc1c(Cl)cc(/C=c2\sc3n(c2=O)[C@@H](c2ccc(C(C)C)cc2)C(C(=O)Nc2ccccc2)=C(C)N=3)cc1OC. The summed E-state index contributed by atoms with van der Waals surface area (Å²) in [6, 6.07) is 20.0. The van der Waals surface area contributed by atoms with Gasteiger partial charge in [0.2, 0.25) is 0 Å². The number of nitrogens with one attached hydrogen (secondary N) is 1. The third-order valence-electron chi connectivity index (χ3n) is 7.07. The maximum atomic E-state index is 14.1. The predicted molar refractivity (Wildman–Crippen MR) is 172 cm³/mol. The van der Waals surface area contributed by atoms with Crippen LogP contribution in [0.25, 0.3) is 6.08 Å². The summed E-state index contributed by atoms with van der Waals surface area (Å²) in [6.45, 7) is 6.07. The maximum absolute atomic E-state index is 14.1. The molecule has 0 saturated heterocycles. The monoisotopic (exact) mass is 611 g/mol. The summed E-state index contributed by atoms with van der Waals surface area (Å²) < 4.78 is 13.0. The summed E-state index contributed by atoms with van der Waals surface area (Å²) in [7, 11) is 1.50. The summed E-state index contributed by atoms with van der Waals surface area (Å²) in [6.07, 6.45) is 7.05. The van der Waals surface area contributed by atoms with E-state index in [9.17, 15) is 9.59 Å². The lowest BCUT2D eigenvalue weighted by atomic mass is 9.93. The maximum Gasteiger partial charge on any atom is 0.271 e. The number of thiazole rings is 1. The van der Waals surface area contributed by atoms with E-state index in [-0.39, 0.29) is 18.1 Å². The van der Waals surface area contributed by atoms with Gasteiger partial charge in [0, 0.05) is 5.69 Å². The first kappa shape index (κ1) is 29.9. The van der Waals surface area contributed by atoms with Crippen LogP contribution >= 0.6 is 22.9 Å². The molecule has 0 bridgehead atoms. The van der Waals surface area contributed by atoms with E-state index in [4.69, 9.17) is 32.5 Å². The number of hydrogen-bond donors (Lipinski definition) is 1. The summed E-state index contributed by atoms with van der Waals surface area (Å²) in [5.74, 6) is 3.14. The molecule has 0 radical (unpaired) electrons. The largest absolute Gasteiger partial charge is 0.493 e. The van der Waals surface area contributed by atoms with Gasteiger partial charge < -0.3 is 14.8 Å². The van der Waals surface area contributed by atoms with E-state index >= 15 is 0 Å². The molecule has 0 saturated carbocycles. The normalized spacial score (nSPS) is 14.6. The van der Waals surface area contributed by atoms with Crippen molar-refractivity contribution in [3.05, 3.63) is 119 Å². The number of amides is 1. The van der Waals surface area contributed by atoms with Crippen molar-refractivity contribution >= 4 is 40.6 Å². The van der Waals surface area contributed by atoms with E-state index in [0.717, 1.165) is 11.1 Å². The van der Waals surface area contributed by atoms with Crippen molar-refractivity contribution < 1.29 is 14.3 Å². The molecule has 3 aromatic carbocycles. The van der Waals surface area contributed by atoms with Crippen molar-refractivity contribution in [3.63, 3.8) is 0 Å². The lowest BCUT2D eigenvalue weighted by molar-refractivity contribution is -0.113. The molecule has 1 aliphatic rings. The second-order valence-corrected chi connectivity index (χ2v) is 11.7. The molecule has 218 valence electrons. The van der Waals surface area contributed by atoms with Gasteiger partial charge in [-0.3, -0.25) is 14.2 Å². The van der Waals surface area contributed by atoms with Gasteiger partial charge in [0.15, 0.2) is 16.3 Å². The molecular formula is C34H30ClN3O4S. The van der Waals surface area contributed by atoms with E-state index in [1.165, 1.54) is 18.4 Å². The molecule has 0 unspecified atom stereocenters. The number of anilines is 1. The van der Waals surface area contributed by atoms with Crippen molar-refractivity contribution in [2.45, 2.75) is 32.7 Å². The quantitative estimate of drug-likeness (QED) is 0.260. The van der Waals surface area contributed by atoms with Crippen molar-refractivity contribution in [2.24, 2.45) is 4.99 Å². The molecule has 0 aliphatic carbocycles. The summed E-state index contributed by atoms with van der Waals surface area (Å²) in [5, 5.41) is 3.28. The molecule has 4 aromatic rings. The number of ether oxygens (including phenoxy) is 2. The van der Waals surface area contributed by atoms with Gasteiger partial charge in [0.1, 0.15) is 6.61 Å². The number of halogens is 1. The second kappa shape index (κ2) is 12.7. The summed E-state index contributed by atoms with van der Waals surface area (Å²) in [5.41, 5.74) is 3.92. The van der Waals surface area contributed by atoms with Crippen LogP contribution in [0.2, 0.25) is 5.02 Å². The minimum Gasteiger partial charge on any atom is -0.493 e. The van der Waals surface area contributed by atoms with Gasteiger partial charge in [-0.25, -0.2) is 4.99 Å². The average molecular weight is 612 g/mol. The number of rotatable bonds is 8. The highest BCUT2D eigenvalue weighted by atomic mass is 35.5. The number of terminal acetylenes is 1. The fourth-order valence-corrected chi connectivity index (χ4v) is 6.26. The predicted octanol–water partition coefficient (Wildman–Crippen LogP) is 5.67. The van der Waals surface area contributed by atoms with Gasteiger partial charge in [-0.05, 0) is 59.9 Å². The number of benzene rings is 3. The Balaban J connectivity index is 1.65. The topological polar surface area (TPSA) is 81.9 Å². The molecule has 43 heavy (non-hydrogen) atoms. The zero-order chi connectivity index (χ0) is 30.7. The van der Waals surface area contributed by atoms with Crippen LogP contribution in [-0.2, 0) is 4.79 Å². The van der Waals surface area contributed by atoms with Gasteiger partial charge in [-0.1, -0.05) is 85.2 Å². The smallest absolute Gasteiger partial charge is 0.271 e. The second-order valence-electron chi connectivity index (χ2n) is 10.3. The standard InChI is InChI=1S/C34H30ClN3O4S/c1-6-16-42-31-26(35)17-22(18-27(31)41-5)19-28-33(40)38-30(24-14-12-23(13-15-24)20(2)3)29(21(4)36-34(38)43-28)32(39)37-25-10-8-7-9-11-25/h1,7-15,17-20,30H,16H2,2-5H3,(H,37,39)/b28-19-/t30-/m0/s1. The van der Waals surface area contributed by atoms with Crippen LogP contribution in [0.3, 0.4) is 0 Å². The molecule has 0 spiro atoms. The van der Waals surface area contributed by atoms with Crippen LogP contribution in [0.1, 0.15) is 49.4 Å². The Bertz CT molecular complexity index is 1930. The fraction of sp³-hybridized carbons (Fsp3) is 0.206. The summed E-state index contributed by atoms with van der Waals surface area (Å²) in [4.78, 5) is 33.1. The number of methoxy groups -OCH3 is 1. The molecular weight excluding hydrogens is 582 g/mol. The van der Waals surface area contributed by atoms with Crippen molar-refractivity contribution in [2.75, 3.05) is 19.0 Å². The van der Waals surface area contributed by atoms with E-state index in [1.54, 1.807) is 29.7 Å². The van der Waals surface area contributed by atoms with E-state index < -0.39 is 6.04 Å². The minimum absolute atomic E-state index is 0.0334. The first-order valence-electron chi connectivity index (χ1n) is 13.6. The van der Waals surface area contributed by atoms with E-state index in [1.807, 2.05) is 54.6 Å². The Hall–Kier alpha value is -4.58. The van der Waals surface area contributed by atoms with Crippen LogP contribution in [0.5, 0.6) is 11.5 Å². The van der Waals surface area contributed by atoms with Crippen molar-refractivity contribution in [1.82, 2.24) is 4.57 Å². The first-order valence-corrected chi connectivity index (χ1v) is 14.8. The van der Waals surface area contributed by atoms with Crippen LogP contribution in [0, 0.1) is 12.3 Å². The number of para-hydroxylation sites is 1. The third kappa shape index (κ3) is 6.14. The molecule has 1 N–H and O–H groups in total. The molecule has 2 heterocycles. The number of carbonyl (C=O) groups is 1. The molecule has 0 fully saturated rings. The highest BCUT2D eigenvalue weighted by molar-refractivity contribution is 7.07. The third-order valence-corrected chi connectivity index (χ3v) is 8.33. The van der Waals surface area contributed by atoms with Gasteiger partial charge in [0.25, 0.3) is 11.5 Å². The molecule has 1 atom stereocenters. The number of nitrogens with zero attached hydrogens (tertiary/aromatic N) is 2. The van der Waals surface area contributed by atoms with E-state index in [0.29, 0.717) is 54.3 Å². The Kier molecular flexibility index (Phi) is 8.86. The van der Waals surface area contributed by atoms with Crippen LogP contribution in [0.15, 0.2) is 87.8 Å². The lowest BCUT2D eigenvalue weighted by Gasteiger charge is -2.25. The van der Waals surface area contributed by atoms with Gasteiger partial charge in [-0.2, -0.15) is 0 Å². The van der Waals surface area contributed by atoms with Crippen molar-refractivity contribution in [1.29, 1.82) is 0 Å². The zero-order valence-corrected chi connectivity index (χ0v) is 25.8. The van der Waals surface area contributed by atoms with Gasteiger partial charge in [-0.15, -0.1) is 6.42 Å². The Morgan fingerprint density at radius 1 is 1.19 bits per heavy atom. The number of allylic oxidation sites excluding steroid dienone is 1. The van der Waals surface area contributed by atoms with E-state index in [2.05, 4.69) is 25.1 Å².